The van der Waals surface area contributed by atoms with E-state index in [-0.39, 0.29) is 16.7 Å². The quantitative estimate of drug-likeness (QED) is 0.162. The lowest BCUT2D eigenvalue weighted by Crippen LogP contribution is -2.63. The summed E-state index contributed by atoms with van der Waals surface area (Å²) in [6.07, 6.45) is -10.9. The van der Waals surface area contributed by atoms with Crippen LogP contribution in [0, 0.1) is 0 Å². The summed E-state index contributed by atoms with van der Waals surface area (Å²) in [4.78, 5) is 38.3. The highest BCUT2D eigenvalue weighted by Crippen LogP contribution is 2.34. The lowest BCUT2D eigenvalue weighted by molar-refractivity contribution is -0.280. The molecule has 1 fully saturated rings. The highest BCUT2D eigenvalue weighted by atomic mass is 32.2. The molecule has 3 aromatic rings. The zero-order chi connectivity index (χ0) is 31.2. The predicted octanol–water partition coefficient (Wildman–Crippen LogP) is 3.25. The number of rotatable bonds is 9. The van der Waals surface area contributed by atoms with Crippen LogP contribution >= 0.6 is 0 Å². The fraction of sp³-hybridized carbons (Fsp3) is 0.250. The topological polar surface area (TPSA) is 152 Å². The molecule has 1 saturated heterocycles. The van der Waals surface area contributed by atoms with Gasteiger partial charge in [-0.25, -0.2) is 14.4 Å². The summed E-state index contributed by atoms with van der Waals surface area (Å²) in [5.41, 5.74) is -6.11. The number of esters is 3. The third kappa shape index (κ3) is 7.75. The molecule has 1 heterocycles. The number of alkyl halides is 3. The van der Waals surface area contributed by atoms with Crippen molar-refractivity contribution < 1.29 is 64.2 Å². The van der Waals surface area contributed by atoms with Crippen molar-refractivity contribution in [3.63, 3.8) is 0 Å². The molecule has 15 heteroatoms. The molecular weight excluding hydrogens is 601 g/mol. The van der Waals surface area contributed by atoms with Crippen molar-refractivity contribution in [1.29, 1.82) is 0 Å². The summed E-state index contributed by atoms with van der Waals surface area (Å²) < 4.78 is 90.0. The van der Waals surface area contributed by atoms with Crippen molar-refractivity contribution in [1.82, 2.24) is 0 Å². The van der Waals surface area contributed by atoms with Gasteiger partial charge >= 0.3 is 33.5 Å². The first-order valence-corrected chi connectivity index (χ1v) is 13.9. The van der Waals surface area contributed by atoms with Gasteiger partial charge in [-0.2, -0.15) is 21.6 Å². The maximum atomic E-state index is 13.4. The third-order valence-corrected chi connectivity index (χ3v) is 7.07. The molecule has 1 N–H and O–H groups in total. The molecule has 0 saturated carbocycles. The van der Waals surface area contributed by atoms with Crippen LogP contribution in [0.1, 0.15) is 31.1 Å². The Morgan fingerprint density at radius 3 is 1.56 bits per heavy atom. The second-order valence-corrected chi connectivity index (χ2v) is 10.5. The van der Waals surface area contributed by atoms with Crippen LogP contribution in [-0.4, -0.2) is 74.3 Å². The monoisotopic (exact) mass is 624 g/mol. The summed E-state index contributed by atoms with van der Waals surface area (Å²) in [6, 6.07) is 21.5. The average molecular weight is 625 g/mol. The first-order valence-electron chi connectivity index (χ1n) is 12.4. The largest absolute Gasteiger partial charge is 0.523 e. The van der Waals surface area contributed by atoms with Crippen molar-refractivity contribution in [3.8, 4) is 0 Å². The molecule has 0 aliphatic carbocycles. The van der Waals surface area contributed by atoms with E-state index in [4.69, 9.17) is 18.9 Å². The van der Waals surface area contributed by atoms with Crippen molar-refractivity contribution in [3.05, 3.63) is 108 Å². The Kier molecular flexibility index (Phi) is 9.80. The van der Waals surface area contributed by atoms with Crippen molar-refractivity contribution in [2.24, 2.45) is 0 Å². The lowest BCUT2D eigenvalue weighted by Gasteiger charge is -2.42. The molecule has 0 amide bonds. The molecule has 0 spiro atoms. The smallest absolute Gasteiger partial charge is 0.459 e. The number of aliphatic hydroxyl groups is 1. The van der Waals surface area contributed by atoms with Crippen molar-refractivity contribution in [2.75, 3.05) is 6.61 Å². The van der Waals surface area contributed by atoms with E-state index in [1.165, 1.54) is 72.8 Å². The van der Waals surface area contributed by atoms with E-state index >= 15 is 0 Å². The van der Waals surface area contributed by atoms with Crippen LogP contribution in [0.3, 0.4) is 0 Å². The van der Waals surface area contributed by atoms with E-state index in [0.29, 0.717) is 0 Å². The summed E-state index contributed by atoms with van der Waals surface area (Å²) >= 11 is 0. The molecule has 0 unspecified atom stereocenters. The first kappa shape index (κ1) is 31.6. The van der Waals surface area contributed by atoms with Gasteiger partial charge in [0.25, 0.3) is 0 Å². The summed E-state index contributed by atoms with van der Waals surface area (Å²) in [6.45, 7) is -0.971. The van der Waals surface area contributed by atoms with Crippen LogP contribution < -0.4 is 0 Å². The van der Waals surface area contributed by atoms with E-state index in [1.807, 2.05) is 0 Å². The Morgan fingerprint density at radius 1 is 0.698 bits per heavy atom. The van der Waals surface area contributed by atoms with Gasteiger partial charge in [0.2, 0.25) is 0 Å². The summed E-state index contributed by atoms with van der Waals surface area (Å²) in [5, 5.41) is 10.8. The van der Waals surface area contributed by atoms with E-state index in [2.05, 4.69) is 4.18 Å². The van der Waals surface area contributed by atoms with Gasteiger partial charge in [0, 0.05) is 0 Å². The van der Waals surface area contributed by atoms with Gasteiger partial charge < -0.3 is 24.1 Å². The molecule has 3 aromatic carbocycles. The standard InChI is InChI=1S/C28H23F3O11S/c29-28(30,31)43(36,37)42-21-20(16-38-24(32)17-10-4-1-5-11-17)39-27(35)23(41-26(34)19-14-8-3-9-15-19)22(21)40-25(33)18-12-6-2-7-13-18/h1-15,20-23,27,35H,16H2/t20-,21+,22+,23+,27+/m1/s1. The number of carbonyl (C=O) groups is 3. The van der Waals surface area contributed by atoms with Crippen molar-refractivity contribution >= 4 is 28.0 Å². The van der Waals surface area contributed by atoms with Gasteiger partial charge in [-0.1, -0.05) is 54.6 Å². The number of benzene rings is 3. The molecule has 4 rings (SSSR count). The molecule has 0 radical (unpaired) electrons. The van der Waals surface area contributed by atoms with Gasteiger partial charge in [-0.05, 0) is 36.4 Å². The molecule has 5 atom stereocenters. The van der Waals surface area contributed by atoms with Crippen LogP contribution in [0.15, 0.2) is 91.0 Å². The maximum Gasteiger partial charge on any atom is 0.523 e. The predicted molar refractivity (Wildman–Crippen MR) is 139 cm³/mol. The minimum atomic E-state index is -6.41. The molecular formula is C28H23F3O11S. The second kappa shape index (κ2) is 13.3. The van der Waals surface area contributed by atoms with E-state index in [9.17, 15) is 41.1 Å². The SMILES string of the molecule is O=C(OC[C@H]1O[C@H](O)[C@@H](OC(=O)c2ccccc2)[C@@H](OC(=O)c2ccccc2)[C@H]1OS(=O)(=O)C(F)(F)F)c1ccccc1. The number of ether oxygens (including phenoxy) is 4. The minimum absolute atomic E-state index is 0.0287. The van der Waals surface area contributed by atoms with Crippen LogP contribution in [-0.2, 0) is 33.2 Å². The van der Waals surface area contributed by atoms with E-state index in [1.54, 1.807) is 18.2 Å². The molecule has 1 aliphatic rings. The Hall–Kier alpha value is -4.31. The average Bonchev–Trinajstić information content (AvgIpc) is 2.99. The Morgan fingerprint density at radius 2 is 1.12 bits per heavy atom. The van der Waals surface area contributed by atoms with E-state index in [0.717, 1.165) is 0 Å². The molecule has 0 bridgehead atoms. The molecule has 43 heavy (non-hydrogen) atoms. The second-order valence-electron chi connectivity index (χ2n) is 8.96. The normalized spacial score (nSPS) is 22.3. The zero-order valence-electron chi connectivity index (χ0n) is 21.8. The number of hydrogen-bond donors (Lipinski definition) is 1. The maximum absolute atomic E-state index is 13.4. The van der Waals surface area contributed by atoms with Gasteiger partial charge in [0.1, 0.15) is 18.8 Å². The van der Waals surface area contributed by atoms with Crippen LogP contribution in [0.25, 0.3) is 0 Å². The van der Waals surface area contributed by atoms with Gasteiger partial charge in [0.05, 0.1) is 16.7 Å². The third-order valence-electron chi connectivity index (χ3n) is 6.02. The number of carbonyl (C=O) groups excluding carboxylic acids is 3. The van der Waals surface area contributed by atoms with Crippen LogP contribution in [0.5, 0.6) is 0 Å². The molecule has 228 valence electrons. The molecule has 1 aliphatic heterocycles. The zero-order valence-corrected chi connectivity index (χ0v) is 22.6. The molecule has 0 aromatic heterocycles. The lowest BCUT2D eigenvalue weighted by atomic mass is 9.98. The highest BCUT2D eigenvalue weighted by molar-refractivity contribution is 7.87. The Balaban J connectivity index is 1.71. The number of hydrogen-bond acceptors (Lipinski definition) is 11. The number of aliphatic hydroxyl groups excluding tert-OH is 1. The fourth-order valence-electron chi connectivity index (χ4n) is 3.95. The fourth-order valence-corrected chi connectivity index (χ4v) is 4.59. The van der Waals surface area contributed by atoms with Crippen molar-refractivity contribution in [2.45, 2.75) is 36.2 Å². The van der Waals surface area contributed by atoms with Crippen LogP contribution in [0.4, 0.5) is 13.2 Å². The summed E-state index contributed by atoms with van der Waals surface area (Å²) in [7, 11) is -6.41. The Labute approximate surface area is 242 Å². The van der Waals surface area contributed by atoms with Gasteiger partial charge in [-0.15, -0.1) is 0 Å². The van der Waals surface area contributed by atoms with E-state index < -0.39 is 70.8 Å². The first-order chi connectivity index (χ1) is 20.4. The van der Waals surface area contributed by atoms with Crippen LogP contribution in [0.2, 0.25) is 0 Å². The summed E-state index contributed by atoms with van der Waals surface area (Å²) in [5.74, 6) is -3.30. The van der Waals surface area contributed by atoms with Gasteiger partial charge in [-0.3, -0.25) is 4.18 Å². The Bertz CT molecular complexity index is 1520. The minimum Gasteiger partial charge on any atom is -0.459 e. The molecule has 11 nitrogen and oxygen atoms in total. The number of halogens is 3. The highest BCUT2D eigenvalue weighted by Gasteiger charge is 2.57. The van der Waals surface area contributed by atoms with Gasteiger partial charge in [0.15, 0.2) is 18.5 Å².